The van der Waals surface area contributed by atoms with Gasteiger partial charge in [-0.2, -0.15) is 0 Å². The smallest absolute Gasteiger partial charge is 0.235 e. The third kappa shape index (κ3) is 5.07. The van der Waals surface area contributed by atoms with Gasteiger partial charge in [0.1, 0.15) is 40.9 Å². The predicted octanol–water partition coefficient (Wildman–Crippen LogP) is 6.91. The Morgan fingerprint density at radius 3 is 1.13 bits per heavy atom. The molecule has 0 aromatic heterocycles. The largest absolute Gasteiger partial charge is 0.282 e. The quantitative estimate of drug-likeness (QED) is 0.272. The molecule has 156 valence electrons. The lowest BCUT2D eigenvalue weighted by molar-refractivity contribution is 0.993. The lowest BCUT2D eigenvalue weighted by atomic mass is 10.4. The van der Waals surface area contributed by atoms with Crippen LogP contribution in [0.25, 0.3) is 0 Å². The van der Waals surface area contributed by atoms with Crippen LogP contribution in [0.1, 0.15) is 0 Å². The van der Waals surface area contributed by atoms with Crippen molar-refractivity contribution in [2.45, 2.75) is 39.3 Å². The van der Waals surface area contributed by atoms with Gasteiger partial charge in [-0.1, -0.05) is 98.4 Å². The SMILES string of the molecule is C[Si](C)(C)N(P=N[P+](c1ccccc1)(c1ccccc1)c1ccccc1)[Si](C)(C)C. The molecule has 0 amide bonds. The Morgan fingerprint density at radius 2 is 0.867 bits per heavy atom. The van der Waals surface area contributed by atoms with E-state index in [0.29, 0.717) is 0 Å². The van der Waals surface area contributed by atoms with Crippen LogP contribution < -0.4 is 15.9 Å². The molecular weight excluding hydrogens is 434 g/mol. The van der Waals surface area contributed by atoms with Crippen LogP contribution in [0.3, 0.4) is 0 Å². The second kappa shape index (κ2) is 9.38. The zero-order chi connectivity index (χ0) is 21.8. The second-order valence-electron chi connectivity index (χ2n) is 9.47. The van der Waals surface area contributed by atoms with Crippen molar-refractivity contribution < 1.29 is 0 Å². The predicted molar refractivity (Wildman–Crippen MR) is 143 cm³/mol. The molecule has 2 nitrogen and oxygen atoms in total. The minimum absolute atomic E-state index is 1.12. The van der Waals surface area contributed by atoms with Crippen LogP contribution in [-0.2, 0) is 0 Å². The first-order chi connectivity index (χ1) is 14.2. The number of benzene rings is 3. The molecule has 30 heavy (non-hydrogen) atoms. The molecule has 0 saturated heterocycles. The molecule has 0 radical (unpaired) electrons. The van der Waals surface area contributed by atoms with Crippen molar-refractivity contribution in [2.75, 3.05) is 0 Å². The summed E-state index contributed by atoms with van der Waals surface area (Å²) in [4.78, 5) is 0. The van der Waals surface area contributed by atoms with Gasteiger partial charge in [-0.15, -0.1) is 0 Å². The first-order valence-corrected chi connectivity index (χ1v) is 19.9. The van der Waals surface area contributed by atoms with Crippen LogP contribution in [-0.4, -0.2) is 20.5 Å². The van der Waals surface area contributed by atoms with Crippen molar-refractivity contribution in [1.29, 1.82) is 0 Å². The van der Waals surface area contributed by atoms with E-state index in [-0.39, 0.29) is 0 Å². The summed E-state index contributed by atoms with van der Waals surface area (Å²) >= 11 is 0. The summed E-state index contributed by atoms with van der Waals surface area (Å²) in [6.45, 7) is 14.7. The highest BCUT2D eigenvalue weighted by atomic mass is 31.2. The standard InChI is InChI=1S/C24H33N2P2Si2/c1-29(2,3)26(30(4,5)6)27-25-28(22-16-10-7-11-17-22,23-18-12-8-13-19-23)24-20-14-9-15-21-24/h7-21H,1-6H3/q+1. The Kier molecular flexibility index (Phi) is 7.27. The van der Waals surface area contributed by atoms with E-state index in [1.54, 1.807) is 0 Å². The second-order valence-corrected chi connectivity index (χ2v) is 24.4. The van der Waals surface area contributed by atoms with Crippen LogP contribution in [0.2, 0.25) is 39.3 Å². The van der Waals surface area contributed by atoms with E-state index in [2.05, 4.69) is 134 Å². The highest BCUT2D eigenvalue weighted by Gasteiger charge is 2.47. The molecule has 0 unspecified atom stereocenters. The first kappa shape index (κ1) is 23.3. The molecule has 0 spiro atoms. The van der Waals surface area contributed by atoms with E-state index in [4.69, 9.17) is 4.52 Å². The molecule has 3 aromatic rings. The van der Waals surface area contributed by atoms with E-state index in [9.17, 15) is 0 Å². The minimum Gasteiger partial charge on any atom is -0.282 e. The van der Waals surface area contributed by atoms with Crippen LogP contribution in [0.5, 0.6) is 0 Å². The Hall–Kier alpha value is -1.42. The van der Waals surface area contributed by atoms with Gasteiger partial charge in [0.15, 0.2) is 0 Å². The Morgan fingerprint density at radius 1 is 0.567 bits per heavy atom. The van der Waals surface area contributed by atoms with E-state index >= 15 is 0 Å². The van der Waals surface area contributed by atoms with Gasteiger partial charge in [-0.05, 0) is 36.4 Å². The van der Waals surface area contributed by atoms with Crippen LogP contribution in [0.15, 0.2) is 95.5 Å². The fourth-order valence-electron chi connectivity index (χ4n) is 3.91. The van der Waals surface area contributed by atoms with E-state index < -0.39 is 23.9 Å². The van der Waals surface area contributed by atoms with Gasteiger partial charge in [0.25, 0.3) is 0 Å². The molecule has 3 rings (SSSR count). The van der Waals surface area contributed by atoms with Crippen molar-refractivity contribution in [3.05, 3.63) is 91.0 Å². The number of hydrogen-bond donors (Lipinski definition) is 0. The molecule has 0 aliphatic rings. The Labute approximate surface area is 186 Å². The maximum atomic E-state index is 5.68. The van der Waals surface area contributed by atoms with Crippen LogP contribution in [0.4, 0.5) is 0 Å². The molecule has 0 N–H and O–H groups in total. The summed E-state index contributed by atoms with van der Waals surface area (Å²) in [5.74, 6) is 0. The maximum absolute atomic E-state index is 5.68. The lowest BCUT2D eigenvalue weighted by Gasteiger charge is -2.39. The molecule has 6 heteroatoms. The van der Waals surface area contributed by atoms with Gasteiger partial charge in [-0.25, -0.2) is 0 Å². The van der Waals surface area contributed by atoms with Gasteiger partial charge in [0.2, 0.25) is 7.41 Å². The molecule has 0 aliphatic heterocycles. The average molecular weight is 468 g/mol. The lowest BCUT2D eigenvalue weighted by Crippen LogP contribution is -2.53. The summed E-state index contributed by atoms with van der Waals surface area (Å²) in [7, 11) is -4.04. The molecule has 0 saturated carbocycles. The topological polar surface area (TPSA) is 15.6 Å². The van der Waals surface area contributed by atoms with Crippen molar-refractivity contribution >= 4 is 48.3 Å². The summed E-state index contributed by atoms with van der Waals surface area (Å²) < 4.78 is 8.43. The highest BCUT2D eigenvalue weighted by molar-refractivity contribution is 7.96. The zero-order valence-corrected chi connectivity index (χ0v) is 22.7. The molecule has 0 aliphatic carbocycles. The molecule has 3 aromatic carbocycles. The van der Waals surface area contributed by atoms with E-state index in [0.717, 1.165) is 8.52 Å². The molecule has 0 fully saturated rings. The van der Waals surface area contributed by atoms with Crippen molar-refractivity contribution in [2.24, 2.45) is 4.52 Å². The Balaban J connectivity index is 2.32. The fraction of sp³-hybridized carbons (Fsp3) is 0.250. The van der Waals surface area contributed by atoms with Gasteiger partial charge >= 0.3 is 0 Å². The number of nitrogens with zero attached hydrogens (tertiary/aromatic N) is 2. The van der Waals surface area contributed by atoms with Crippen LogP contribution in [0, 0.1) is 0 Å². The average Bonchev–Trinajstić information content (AvgIpc) is 2.71. The normalized spacial score (nSPS) is 13.2. The Bertz CT molecular complexity index is 856. The van der Waals surface area contributed by atoms with Crippen LogP contribution >= 0.6 is 15.9 Å². The van der Waals surface area contributed by atoms with Gasteiger partial charge in [0.05, 0.1) is 0 Å². The van der Waals surface area contributed by atoms with E-state index in [1.165, 1.54) is 15.9 Å². The zero-order valence-electron chi connectivity index (χ0n) is 18.9. The van der Waals surface area contributed by atoms with Crippen molar-refractivity contribution in [1.82, 2.24) is 4.00 Å². The number of hydrogen-bond acceptors (Lipinski definition) is 1. The van der Waals surface area contributed by atoms with E-state index in [1.807, 2.05) is 0 Å². The molecule has 0 bridgehead atoms. The summed E-state index contributed by atoms with van der Waals surface area (Å²) in [6.07, 6.45) is 0. The summed E-state index contributed by atoms with van der Waals surface area (Å²) in [6, 6.07) is 32.8. The summed E-state index contributed by atoms with van der Waals surface area (Å²) in [5, 5.41) is 3.96. The summed E-state index contributed by atoms with van der Waals surface area (Å²) in [5.41, 5.74) is 0. The van der Waals surface area contributed by atoms with Gasteiger partial charge in [-0.3, -0.25) is 4.00 Å². The molecule has 0 atom stereocenters. The molecular formula is C24H33N2P2Si2+. The van der Waals surface area contributed by atoms with Gasteiger partial charge < -0.3 is 0 Å². The molecule has 0 heterocycles. The minimum atomic E-state index is -2.13. The van der Waals surface area contributed by atoms with Gasteiger partial charge in [0, 0.05) is 0 Å². The maximum Gasteiger partial charge on any atom is 0.235 e. The monoisotopic (exact) mass is 467 g/mol. The first-order valence-electron chi connectivity index (χ1n) is 10.5. The third-order valence-corrected chi connectivity index (χ3v) is 20.3. The number of rotatable bonds is 7. The van der Waals surface area contributed by atoms with Crippen molar-refractivity contribution in [3.63, 3.8) is 0 Å². The fourth-order valence-corrected chi connectivity index (χ4v) is 19.6. The highest BCUT2D eigenvalue weighted by Crippen LogP contribution is 2.59. The van der Waals surface area contributed by atoms with Crippen molar-refractivity contribution in [3.8, 4) is 0 Å². The third-order valence-electron chi connectivity index (χ3n) is 4.92.